The summed E-state index contributed by atoms with van der Waals surface area (Å²) in [4.78, 5) is 19.8. The summed E-state index contributed by atoms with van der Waals surface area (Å²) in [5, 5.41) is 19.7. The molecule has 0 saturated heterocycles. The van der Waals surface area contributed by atoms with E-state index in [1.165, 1.54) is 0 Å². The number of primary amides is 1. The highest BCUT2D eigenvalue weighted by Gasteiger charge is 2.18. The summed E-state index contributed by atoms with van der Waals surface area (Å²) in [6.07, 6.45) is 0. The molecule has 6 nitrogen and oxygen atoms in total. The molecule has 1 amide bonds. The minimum Gasteiger partial charge on any atom is -0.501 e. The summed E-state index contributed by atoms with van der Waals surface area (Å²) in [5.41, 5.74) is 3.51. The third-order valence-corrected chi connectivity index (χ3v) is 1.57. The predicted molar refractivity (Wildman–Crippen MR) is 50.8 cm³/mol. The van der Waals surface area contributed by atoms with E-state index >= 15 is 0 Å². The predicted octanol–water partition coefficient (Wildman–Crippen LogP) is 0.276. The number of hydrogen-bond donors (Lipinski definition) is 2. The number of benzene rings is 1. The molecule has 3 N–H and O–H groups in total. The summed E-state index contributed by atoms with van der Waals surface area (Å²) in [6.45, 7) is 0. The van der Waals surface area contributed by atoms with Crippen LogP contribution >= 0.6 is 0 Å². The lowest BCUT2D eigenvalue weighted by Gasteiger charge is -1.98. The number of carbonyl (C=O) groups excluding carboxylic acids is 1. The molecule has 16 heavy (non-hydrogen) atoms. The van der Waals surface area contributed by atoms with E-state index in [0.29, 0.717) is 6.07 Å². The van der Waals surface area contributed by atoms with Crippen LogP contribution in [0.15, 0.2) is 12.1 Å². The molecule has 0 aliphatic rings. The summed E-state index contributed by atoms with van der Waals surface area (Å²) < 4.78 is 12.9. The maximum absolute atomic E-state index is 12.9. The van der Waals surface area contributed by atoms with Crippen molar-refractivity contribution in [2.75, 3.05) is 0 Å². The number of phenolic OH excluding ortho intramolecular Hbond substituents is 1. The minimum atomic E-state index is -0.994. The van der Waals surface area contributed by atoms with Gasteiger partial charge in [-0.3, -0.25) is 14.9 Å². The molecule has 1 aromatic carbocycles. The van der Waals surface area contributed by atoms with Crippen LogP contribution in [0.3, 0.4) is 0 Å². The Morgan fingerprint density at radius 2 is 2.19 bits per heavy atom. The molecule has 0 atom stereocenters. The molecule has 1 rings (SSSR count). The molecule has 0 fully saturated rings. The number of carbonyl (C=O) groups is 1. The first-order chi connectivity index (χ1) is 7.41. The number of hydrogen-bond acceptors (Lipinski definition) is 4. The third-order valence-electron chi connectivity index (χ3n) is 1.57. The molecule has 0 radical (unpaired) electrons. The van der Waals surface area contributed by atoms with Crippen LogP contribution in [0.1, 0.15) is 5.56 Å². The molecule has 0 aliphatic carbocycles. The lowest BCUT2D eigenvalue weighted by Crippen LogP contribution is -2.06. The molecular weight excluding hydrogens is 219 g/mol. The Labute approximate surface area is 88.6 Å². The molecule has 7 heteroatoms. The second-order valence-corrected chi connectivity index (χ2v) is 2.69. The van der Waals surface area contributed by atoms with Crippen molar-refractivity contribution in [2.45, 2.75) is 0 Å². The SMILES string of the molecule is NC(=O)C#Cc1cc(F)cc([N+](=O)[O-])c1O. The zero-order valence-corrected chi connectivity index (χ0v) is 7.73. The Hall–Kier alpha value is -2.62. The van der Waals surface area contributed by atoms with E-state index in [1.807, 2.05) is 11.8 Å². The second-order valence-electron chi connectivity index (χ2n) is 2.69. The normalized spacial score (nSPS) is 9.06. The van der Waals surface area contributed by atoms with Gasteiger partial charge in [-0.15, -0.1) is 0 Å². The summed E-state index contributed by atoms with van der Waals surface area (Å²) >= 11 is 0. The van der Waals surface area contributed by atoms with Gasteiger partial charge in [0.1, 0.15) is 5.82 Å². The van der Waals surface area contributed by atoms with E-state index in [9.17, 15) is 24.4 Å². The highest BCUT2D eigenvalue weighted by Crippen LogP contribution is 2.30. The van der Waals surface area contributed by atoms with Crippen LogP contribution in [-0.2, 0) is 4.79 Å². The zero-order valence-electron chi connectivity index (χ0n) is 7.73. The molecule has 0 heterocycles. The van der Waals surface area contributed by atoms with Crippen molar-refractivity contribution in [3.8, 4) is 17.6 Å². The molecule has 0 aromatic heterocycles. The van der Waals surface area contributed by atoms with Gasteiger partial charge in [-0.1, -0.05) is 5.92 Å². The molecule has 0 spiro atoms. The number of aromatic hydroxyl groups is 1. The average Bonchev–Trinajstić information content (AvgIpc) is 2.18. The number of halogens is 1. The molecule has 0 aliphatic heterocycles. The van der Waals surface area contributed by atoms with Gasteiger partial charge in [0.15, 0.2) is 0 Å². The van der Waals surface area contributed by atoms with Gasteiger partial charge in [0.2, 0.25) is 5.75 Å². The second kappa shape index (κ2) is 4.27. The highest BCUT2D eigenvalue weighted by molar-refractivity contribution is 5.92. The van der Waals surface area contributed by atoms with Gasteiger partial charge >= 0.3 is 5.69 Å². The monoisotopic (exact) mass is 224 g/mol. The van der Waals surface area contributed by atoms with E-state index in [1.54, 1.807) is 0 Å². The Kier molecular flexibility index (Phi) is 3.06. The molecular formula is C9H5FN2O4. The van der Waals surface area contributed by atoms with Crippen molar-refractivity contribution in [1.82, 2.24) is 0 Å². The van der Waals surface area contributed by atoms with E-state index in [-0.39, 0.29) is 5.56 Å². The largest absolute Gasteiger partial charge is 0.501 e. The average molecular weight is 224 g/mol. The summed E-state index contributed by atoms with van der Waals surface area (Å²) in [5.74, 6) is 1.12. The fourth-order valence-electron chi connectivity index (χ4n) is 0.948. The van der Waals surface area contributed by atoms with Gasteiger partial charge in [-0.2, -0.15) is 0 Å². The molecule has 1 aromatic rings. The minimum absolute atomic E-state index is 0.370. The first-order valence-electron chi connectivity index (χ1n) is 3.90. The lowest BCUT2D eigenvalue weighted by molar-refractivity contribution is -0.386. The highest BCUT2D eigenvalue weighted by atomic mass is 19.1. The summed E-state index contributed by atoms with van der Waals surface area (Å²) in [6, 6.07) is 1.31. The number of nitrogens with zero attached hydrogens (tertiary/aromatic N) is 1. The fraction of sp³-hybridized carbons (Fsp3) is 0. The summed E-state index contributed by atoms with van der Waals surface area (Å²) in [7, 11) is 0. The topological polar surface area (TPSA) is 106 Å². The number of amides is 1. The van der Waals surface area contributed by atoms with Crippen molar-refractivity contribution < 1.29 is 19.2 Å². The van der Waals surface area contributed by atoms with Gasteiger partial charge in [-0.25, -0.2) is 4.39 Å². The number of rotatable bonds is 1. The van der Waals surface area contributed by atoms with Gasteiger partial charge in [-0.05, 0) is 6.07 Å². The Bertz CT molecular complexity index is 530. The maximum atomic E-state index is 12.9. The molecule has 0 saturated carbocycles. The zero-order chi connectivity index (χ0) is 12.3. The van der Waals surface area contributed by atoms with Crippen molar-refractivity contribution in [2.24, 2.45) is 5.73 Å². The Morgan fingerprint density at radius 3 is 2.69 bits per heavy atom. The van der Waals surface area contributed by atoms with Crippen molar-refractivity contribution in [1.29, 1.82) is 0 Å². The number of nitro groups is 1. The first kappa shape index (κ1) is 11.5. The van der Waals surface area contributed by atoms with Crippen LogP contribution in [0, 0.1) is 27.8 Å². The molecule has 0 bridgehead atoms. The van der Waals surface area contributed by atoms with Crippen LogP contribution < -0.4 is 5.73 Å². The van der Waals surface area contributed by atoms with E-state index < -0.39 is 28.1 Å². The lowest BCUT2D eigenvalue weighted by atomic mass is 10.1. The number of nitro benzene ring substituents is 1. The Morgan fingerprint density at radius 1 is 1.56 bits per heavy atom. The van der Waals surface area contributed by atoms with E-state index in [4.69, 9.17) is 5.73 Å². The Balaban J connectivity index is 3.37. The third kappa shape index (κ3) is 2.45. The van der Waals surface area contributed by atoms with Crippen LogP contribution in [0.5, 0.6) is 5.75 Å². The van der Waals surface area contributed by atoms with Gasteiger partial charge in [0.05, 0.1) is 16.6 Å². The van der Waals surface area contributed by atoms with Crippen LogP contribution in [0.2, 0.25) is 0 Å². The van der Waals surface area contributed by atoms with Gasteiger partial charge in [0, 0.05) is 5.92 Å². The fourth-order valence-corrected chi connectivity index (χ4v) is 0.948. The number of nitrogens with two attached hydrogens (primary N) is 1. The van der Waals surface area contributed by atoms with Crippen molar-refractivity contribution >= 4 is 11.6 Å². The molecule has 0 unspecified atom stereocenters. The van der Waals surface area contributed by atoms with E-state index in [2.05, 4.69) is 0 Å². The van der Waals surface area contributed by atoms with Crippen LogP contribution in [0.4, 0.5) is 10.1 Å². The maximum Gasteiger partial charge on any atom is 0.314 e. The smallest absolute Gasteiger partial charge is 0.314 e. The standard InChI is InChI=1S/C9H5FN2O4/c10-6-3-5(1-2-8(11)13)9(14)7(4-6)12(15)16/h3-4,14H,(H2,11,13). The quantitative estimate of drug-likeness (QED) is 0.405. The van der Waals surface area contributed by atoms with Gasteiger partial charge in [0.25, 0.3) is 5.91 Å². The molecule has 82 valence electrons. The van der Waals surface area contributed by atoms with Gasteiger partial charge < -0.3 is 10.8 Å². The van der Waals surface area contributed by atoms with Crippen LogP contribution in [0.25, 0.3) is 0 Å². The van der Waals surface area contributed by atoms with E-state index in [0.717, 1.165) is 6.07 Å². The van der Waals surface area contributed by atoms with Crippen LogP contribution in [-0.4, -0.2) is 15.9 Å². The van der Waals surface area contributed by atoms with Crippen molar-refractivity contribution in [3.05, 3.63) is 33.6 Å². The number of phenols is 1. The first-order valence-corrected chi connectivity index (χ1v) is 3.90. The van der Waals surface area contributed by atoms with Crippen molar-refractivity contribution in [3.63, 3.8) is 0 Å².